The minimum Gasteiger partial charge on any atom is -0.385 e. The molecule has 28 heavy (non-hydrogen) atoms. The molecular formula is C21H22N4O2S. The number of morpholine rings is 1. The van der Waals surface area contributed by atoms with E-state index in [-0.39, 0.29) is 0 Å². The van der Waals surface area contributed by atoms with Gasteiger partial charge in [0.15, 0.2) is 11.6 Å². The molecule has 0 unspecified atom stereocenters. The molecule has 1 saturated heterocycles. The van der Waals surface area contributed by atoms with Gasteiger partial charge in [0.05, 0.1) is 29.0 Å². The minimum atomic E-state index is -0.908. The molecule has 0 spiro atoms. The molecule has 2 N–H and O–H groups in total. The van der Waals surface area contributed by atoms with Gasteiger partial charge in [0.2, 0.25) is 0 Å². The van der Waals surface area contributed by atoms with Gasteiger partial charge in [-0.25, -0.2) is 9.97 Å². The van der Waals surface area contributed by atoms with Crippen molar-refractivity contribution < 1.29 is 9.84 Å². The Bertz CT molecular complexity index is 1150. The number of ether oxygens (including phenoxy) is 1. The third kappa shape index (κ3) is 2.96. The van der Waals surface area contributed by atoms with Crippen LogP contribution >= 0.6 is 11.3 Å². The summed E-state index contributed by atoms with van der Waals surface area (Å²) in [5, 5.41) is 11.6. The monoisotopic (exact) mass is 394 g/mol. The van der Waals surface area contributed by atoms with Crippen LogP contribution in [0.25, 0.3) is 32.5 Å². The quantitative estimate of drug-likeness (QED) is 0.551. The smallest absolute Gasteiger partial charge is 0.162 e. The zero-order valence-electron chi connectivity index (χ0n) is 15.9. The molecule has 0 aliphatic carbocycles. The van der Waals surface area contributed by atoms with Crippen molar-refractivity contribution in [2.24, 2.45) is 0 Å². The highest BCUT2D eigenvalue weighted by Crippen LogP contribution is 2.39. The van der Waals surface area contributed by atoms with E-state index >= 15 is 0 Å². The predicted octanol–water partition coefficient (Wildman–Crippen LogP) is 3.90. The summed E-state index contributed by atoms with van der Waals surface area (Å²) in [6, 6.07) is 10.2. The SMILES string of the molecule is CC(C)(O)c1cc2nc(-c3cccc4[nH]ccc34)nc(N3CCOCC3)c2s1. The average Bonchev–Trinajstić information content (AvgIpc) is 3.34. The third-order valence-electron chi connectivity index (χ3n) is 5.10. The molecule has 3 aromatic heterocycles. The van der Waals surface area contributed by atoms with Crippen LogP contribution in [0, 0.1) is 0 Å². The number of rotatable bonds is 3. The largest absolute Gasteiger partial charge is 0.385 e. The molecule has 0 saturated carbocycles. The van der Waals surface area contributed by atoms with Crippen molar-refractivity contribution in [1.29, 1.82) is 0 Å². The molecule has 0 bridgehead atoms. The summed E-state index contributed by atoms with van der Waals surface area (Å²) in [6.07, 6.45) is 1.94. The standard InChI is InChI=1S/C21H22N4O2S/c1-21(2,26)17-12-16-18(28-17)20(25-8-10-27-11-9-25)24-19(23-16)14-4-3-5-15-13(14)6-7-22-15/h3-7,12,22,26H,8-11H2,1-2H3. The normalized spacial score (nSPS) is 15.6. The van der Waals surface area contributed by atoms with E-state index in [1.165, 1.54) is 0 Å². The van der Waals surface area contributed by atoms with Crippen molar-refractivity contribution in [3.8, 4) is 11.4 Å². The number of nitrogens with one attached hydrogen (secondary N) is 1. The van der Waals surface area contributed by atoms with E-state index in [2.05, 4.69) is 28.1 Å². The summed E-state index contributed by atoms with van der Waals surface area (Å²) in [7, 11) is 0. The Kier molecular flexibility index (Phi) is 4.12. The van der Waals surface area contributed by atoms with Crippen LogP contribution in [0.2, 0.25) is 0 Å². The van der Waals surface area contributed by atoms with Gasteiger partial charge in [0.25, 0.3) is 0 Å². The number of H-pyrrole nitrogens is 1. The fraction of sp³-hybridized carbons (Fsp3) is 0.333. The van der Waals surface area contributed by atoms with Crippen LogP contribution in [0.5, 0.6) is 0 Å². The van der Waals surface area contributed by atoms with Crippen molar-refractivity contribution in [2.75, 3.05) is 31.2 Å². The van der Waals surface area contributed by atoms with Crippen LogP contribution < -0.4 is 4.90 Å². The first-order chi connectivity index (χ1) is 13.5. The van der Waals surface area contributed by atoms with Gasteiger partial charge in [0, 0.05) is 40.6 Å². The summed E-state index contributed by atoms with van der Waals surface area (Å²) in [6.45, 7) is 6.60. The lowest BCUT2D eigenvalue weighted by atomic mass is 10.1. The number of hydrogen-bond donors (Lipinski definition) is 2. The van der Waals surface area contributed by atoms with Crippen molar-refractivity contribution in [2.45, 2.75) is 19.4 Å². The van der Waals surface area contributed by atoms with E-state index in [9.17, 15) is 5.11 Å². The number of anilines is 1. The second kappa shape index (κ2) is 6.55. The van der Waals surface area contributed by atoms with Crippen LogP contribution in [0.1, 0.15) is 18.7 Å². The topological polar surface area (TPSA) is 74.3 Å². The van der Waals surface area contributed by atoms with E-state index in [1.54, 1.807) is 25.2 Å². The number of nitrogens with zero attached hydrogens (tertiary/aromatic N) is 3. The maximum absolute atomic E-state index is 10.5. The number of thiophene rings is 1. The van der Waals surface area contributed by atoms with Crippen molar-refractivity contribution in [1.82, 2.24) is 15.0 Å². The average molecular weight is 395 g/mol. The zero-order chi connectivity index (χ0) is 19.3. The van der Waals surface area contributed by atoms with Crippen LogP contribution in [0.4, 0.5) is 5.82 Å². The molecule has 0 atom stereocenters. The second-order valence-electron chi connectivity index (χ2n) is 7.60. The number of aliphatic hydroxyl groups is 1. The van der Waals surface area contributed by atoms with Crippen molar-refractivity contribution in [3.63, 3.8) is 0 Å². The molecule has 1 aliphatic rings. The van der Waals surface area contributed by atoms with Crippen LogP contribution in [-0.4, -0.2) is 46.4 Å². The fourth-order valence-electron chi connectivity index (χ4n) is 3.61. The van der Waals surface area contributed by atoms with Gasteiger partial charge >= 0.3 is 0 Å². The molecule has 4 heterocycles. The highest BCUT2D eigenvalue weighted by Gasteiger charge is 2.25. The Morgan fingerprint density at radius 2 is 2.00 bits per heavy atom. The predicted molar refractivity (Wildman–Crippen MR) is 113 cm³/mol. The van der Waals surface area contributed by atoms with Gasteiger partial charge < -0.3 is 19.7 Å². The Balaban J connectivity index is 1.75. The Hall–Kier alpha value is -2.48. The highest BCUT2D eigenvalue weighted by atomic mass is 32.1. The fourth-order valence-corrected chi connectivity index (χ4v) is 4.72. The Morgan fingerprint density at radius 1 is 1.18 bits per heavy atom. The van der Waals surface area contributed by atoms with E-state index < -0.39 is 5.60 Å². The number of fused-ring (bicyclic) bond motifs is 2. The summed E-state index contributed by atoms with van der Waals surface area (Å²) >= 11 is 1.57. The molecule has 5 rings (SSSR count). The van der Waals surface area contributed by atoms with Gasteiger partial charge in [-0.2, -0.15) is 0 Å². The van der Waals surface area contributed by atoms with Gasteiger partial charge in [-0.05, 0) is 32.0 Å². The van der Waals surface area contributed by atoms with E-state index in [1.807, 2.05) is 18.3 Å². The molecule has 7 heteroatoms. The maximum atomic E-state index is 10.5. The molecule has 1 fully saturated rings. The first kappa shape index (κ1) is 17.6. The molecular weight excluding hydrogens is 372 g/mol. The summed E-state index contributed by atoms with van der Waals surface area (Å²) in [5.74, 6) is 1.63. The lowest BCUT2D eigenvalue weighted by molar-refractivity contribution is 0.0826. The minimum absolute atomic E-state index is 0.692. The lowest BCUT2D eigenvalue weighted by Gasteiger charge is -2.28. The summed E-state index contributed by atoms with van der Waals surface area (Å²) in [4.78, 5) is 16.3. The number of aromatic nitrogens is 3. The molecule has 0 radical (unpaired) electrons. The van der Waals surface area contributed by atoms with Gasteiger partial charge in [-0.1, -0.05) is 12.1 Å². The number of aromatic amines is 1. The summed E-state index contributed by atoms with van der Waals surface area (Å²) in [5.41, 5.74) is 2.04. The molecule has 1 aromatic carbocycles. The van der Waals surface area contributed by atoms with E-state index in [4.69, 9.17) is 14.7 Å². The van der Waals surface area contributed by atoms with Crippen molar-refractivity contribution >= 4 is 38.3 Å². The Morgan fingerprint density at radius 3 is 2.79 bits per heavy atom. The highest BCUT2D eigenvalue weighted by molar-refractivity contribution is 7.19. The summed E-state index contributed by atoms with van der Waals surface area (Å²) < 4.78 is 6.55. The van der Waals surface area contributed by atoms with E-state index in [0.29, 0.717) is 19.0 Å². The number of hydrogen-bond acceptors (Lipinski definition) is 6. The molecule has 144 valence electrons. The first-order valence-electron chi connectivity index (χ1n) is 9.44. The van der Waals surface area contributed by atoms with Crippen LogP contribution in [-0.2, 0) is 10.3 Å². The van der Waals surface area contributed by atoms with Crippen LogP contribution in [0.3, 0.4) is 0 Å². The third-order valence-corrected chi connectivity index (χ3v) is 6.54. The molecule has 0 amide bonds. The van der Waals surface area contributed by atoms with Gasteiger partial charge in [0.1, 0.15) is 0 Å². The first-order valence-corrected chi connectivity index (χ1v) is 10.3. The molecule has 6 nitrogen and oxygen atoms in total. The number of benzene rings is 1. The Labute approximate surface area is 166 Å². The second-order valence-corrected chi connectivity index (χ2v) is 8.65. The molecule has 4 aromatic rings. The van der Waals surface area contributed by atoms with Crippen LogP contribution in [0.15, 0.2) is 36.5 Å². The van der Waals surface area contributed by atoms with Gasteiger partial charge in [-0.15, -0.1) is 11.3 Å². The lowest BCUT2D eigenvalue weighted by Crippen LogP contribution is -2.36. The zero-order valence-corrected chi connectivity index (χ0v) is 16.7. The molecule has 1 aliphatic heterocycles. The van der Waals surface area contributed by atoms with Crippen molar-refractivity contribution in [3.05, 3.63) is 41.4 Å². The van der Waals surface area contributed by atoms with Gasteiger partial charge in [-0.3, -0.25) is 0 Å². The maximum Gasteiger partial charge on any atom is 0.162 e. The van der Waals surface area contributed by atoms with E-state index in [0.717, 1.165) is 50.5 Å².